The van der Waals surface area contributed by atoms with Crippen LogP contribution in [0, 0.1) is 0 Å². The average Bonchev–Trinajstić information content (AvgIpc) is 3.20. The van der Waals surface area contributed by atoms with Gasteiger partial charge >= 0.3 is 0 Å². The van der Waals surface area contributed by atoms with Crippen LogP contribution in [0.4, 0.5) is 0 Å². The van der Waals surface area contributed by atoms with Crippen molar-refractivity contribution in [3.63, 3.8) is 0 Å². The molecule has 3 aromatic rings. The molecule has 6 nitrogen and oxygen atoms in total. The maximum atomic E-state index is 12.3. The van der Waals surface area contributed by atoms with Crippen LogP contribution >= 0.6 is 0 Å². The highest BCUT2D eigenvalue weighted by Gasteiger charge is 2.21. The van der Waals surface area contributed by atoms with Crippen molar-refractivity contribution in [3.8, 4) is 17.1 Å². The van der Waals surface area contributed by atoms with E-state index in [4.69, 9.17) is 9.15 Å². The lowest BCUT2D eigenvalue weighted by Gasteiger charge is -2.27. The van der Waals surface area contributed by atoms with Crippen LogP contribution in [0.3, 0.4) is 0 Å². The van der Waals surface area contributed by atoms with E-state index in [1.54, 1.807) is 24.3 Å². The van der Waals surface area contributed by atoms with Crippen LogP contribution in [-0.4, -0.2) is 24.0 Å². The van der Waals surface area contributed by atoms with Crippen molar-refractivity contribution < 1.29 is 23.8 Å². The van der Waals surface area contributed by atoms with Crippen molar-refractivity contribution in [2.45, 2.75) is 25.9 Å². The van der Waals surface area contributed by atoms with Crippen LogP contribution in [-0.2, 0) is 11.2 Å². The number of carboxylic acid groups (broad SMARTS) is 1. The molecule has 0 atom stereocenters. The smallest absolute Gasteiger partial charge is 0.287 e. The summed E-state index contributed by atoms with van der Waals surface area (Å²) in [5, 5.41) is 13.8. The van der Waals surface area contributed by atoms with Crippen molar-refractivity contribution >= 4 is 11.9 Å². The number of hydrogen-bond donors (Lipinski definition) is 1. The third-order valence-corrected chi connectivity index (χ3v) is 4.38. The van der Waals surface area contributed by atoms with Gasteiger partial charge in [0.1, 0.15) is 17.1 Å². The molecule has 0 fully saturated rings. The Morgan fingerprint density at radius 2 is 1.69 bits per heavy atom. The van der Waals surface area contributed by atoms with E-state index in [0.717, 1.165) is 11.1 Å². The Bertz CT molecular complexity index is 974. The first kappa shape index (κ1) is 20.2. The second-order valence-electron chi connectivity index (χ2n) is 7.08. The molecule has 6 heteroatoms. The SMILES string of the molecule is CC(C)(Oc1ccc(CCNC(=O)c2ccc(-c3ccccc3)o2)cc1)C(=O)[O-]. The zero-order valence-corrected chi connectivity index (χ0v) is 16.3. The number of furan rings is 1. The average molecular weight is 392 g/mol. The van der Waals surface area contributed by atoms with Crippen molar-refractivity contribution in [3.05, 3.63) is 78.1 Å². The number of ether oxygens (including phenoxy) is 1. The number of nitrogens with one attached hydrogen (secondary N) is 1. The van der Waals surface area contributed by atoms with E-state index in [1.807, 2.05) is 42.5 Å². The van der Waals surface area contributed by atoms with Crippen molar-refractivity contribution in [1.29, 1.82) is 0 Å². The van der Waals surface area contributed by atoms with Gasteiger partial charge in [0.2, 0.25) is 0 Å². The van der Waals surface area contributed by atoms with Crippen LogP contribution in [0.15, 0.2) is 71.1 Å². The normalized spacial score (nSPS) is 11.1. The Hall–Kier alpha value is -3.54. The molecular weight excluding hydrogens is 370 g/mol. The first-order valence-electron chi connectivity index (χ1n) is 9.28. The maximum Gasteiger partial charge on any atom is 0.287 e. The van der Waals surface area contributed by atoms with Gasteiger partial charge in [-0.1, -0.05) is 42.5 Å². The highest BCUT2D eigenvalue weighted by molar-refractivity contribution is 5.92. The first-order chi connectivity index (χ1) is 13.8. The molecule has 1 heterocycles. The van der Waals surface area contributed by atoms with Gasteiger partial charge in [0.25, 0.3) is 5.91 Å². The third kappa shape index (κ3) is 5.25. The topological polar surface area (TPSA) is 91.6 Å². The van der Waals surface area contributed by atoms with Crippen LogP contribution in [0.25, 0.3) is 11.3 Å². The number of hydrogen-bond acceptors (Lipinski definition) is 5. The van der Waals surface area contributed by atoms with E-state index >= 15 is 0 Å². The Balaban J connectivity index is 1.50. The van der Waals surface area contributed by atoms with E-state index in [-0.39, 0.29) is 11.7 Å². The number of rotatable bonds is 8. The predicted molar refractivity (Wildman–Crippen MR) is 106 cm³/mol. The summed E-state index contributed by atoms with van der Waals surface area (Å²) in [6.45, 7) is 3.30. The largest absolute Gasteiger partial charge is 0.546 e. The highest BCUT2D eigenvalue weighted by Crippen LogP contribution is 2.22. The van der Waals surface area contributed by atoms with Crippen molar-refractivity contribution in [2.24, 2.45) is 0 Å². The molecule has 150 valence electrons. The minimum absolute atomic E-state index is 0.261. The number of aliphatic carboxylic acids is 1. The number of carbonyl (C=O) groups is 2. The molecule has 0 aliphatic rings. The Morgan fingerprint density at radius 1 is 1.00 bits per heavy atom. The number of amides is 1. The van der Waals surface area contributed by atoms with Gasteiger partial charge in [-0.15, -0.1) is 0 Å². The monoisotopic (exact) mass is 392 g/mol. The van der Waals surface area contributed by atoms with Crippen LogP contribution < -0.4 is 15.2 Å². The van der Waals surface area contributed by atoms with Crippen molar-refractivity contribution in [2.75, 3.05) is 6.54 Å². The van der Waals surface area contributed by atoms with Gasteiger partial charge in [0, 0.05) is 12.1 Å². The van der Waals surface area contributed by atoms with Crippen molar-refractivity contribution in [1.82, 2.24) is 5.32 Å². The number of carboxylic acids is 1. The van der Waals surface area contributed by atoms with E-state index in [2.05, 4.69) is 5.32 Å². The summed E-state index contributed by atoms with van der Waals surface area (Å²) in [6.07, 6.45) is 0.613. The second kappa shape index (κ2) is 8.65. The first-order valence-corrected chi connectivity index (χ1v) is 9.28. The summed E-state index contributed by atoms with van der Waals surface area (Å²) in [5.74, 6) is -0.209. The lowest BCUT2D eigenvalue weighted by molar-refractivity contribution is -0.320. The van der Waals surface area contributed by atoms with Crippen LogP contribution in [0.2, 0.25) is 0 Å². The Kier molecular flexibility index (Phi) is 6.02. The van der Waals surface area contributed by atoms with Gasteiger partial charge in [0.15, 0.2) is 5.76 Å². The molecule has 0 unspecified atom stereocenters. The van der Waals surface area contributed by atoms with E-state index in [9.17, 15) is 14.7 Å². The molecule has 2 aromatic carbocycles. The molecule has 0 spiro atoms. The quantitative estimate of drug-likeness (QED) is 0.636. The van der Waals surface area contributed by atoms with Gasteiger partial charge in [0.05, 0.1) is 5.97 Å². The molecule has 1 N–H and O–H groups in total. The van der Waals surface area contributed by atoms with Gasteiger partial charge in [-0.25, -0.2) is 0 Å². The fourth-order valence-electron chi connectivity index (χ4n) is 2.69. The van der Waals surface area contributed by atoms with E-state index in [1.165, 1.54) is 13.8 Å². The summed E-state index contributed by atoms with van der Waals surface area (Å²) in [6, 6.07) is 20.1. The molecular formula is C23H22NO5-. The predicted octanol–water partition coefficient (Wildman–Crippen LogP) is 2.83. The zero-order chi connectivity index (χ0) is 20.9. The third-order valence-electron chi connectivity index (χ3n) is 4.38. The minimum Gasteiger partial charge on any atom is -0.546 e. The fourth-order valence-corrected chi connectivity index (χ4v) is 2.69. The molecule has 0 saturated heterocycles. The number of benzene rings is 2. The zero-order valence-electron chi connectivity index (χ0n) is 16.3. The minimum atomic E-state index is -1.41. The Labute approximate surface area is 169 Å². The van der Waals surface area contributed by atoms with Gasteiger partial charge in [-0.05, 0) is 50.1 Å². The molecule has 0 saturated carbocycles. The number of carbonyl (C=O) groups excluding carboxylic acids is 2. The van der Waals surface area contributed by atoms with E-state index in [0.29, 0.717) is 24.5 Å². The standard InChI is InChI=1S/C23H23NO5/c1-23(2,22(26)27)29-18-10-8-16(9-11-18)14-15-24-21(25)20-13-12-19(28-20)17-6-4-3-5-7-17/h3-13H,14-15H2,1-2H3,(H,24,25)(H,26,27)/p-1. The Morgan fingerprint density at radius 3 is 2.34 bits per heavy atom. The van der Waals surface area contributed by atoms with Gasteiger partial charge in [-0.2, -0.15) is 0 Å². The van der Waals surface area contributed by atoms with Crippen LogP contribution in [0.1, 0.15) is 30.0 Å². The fraction of sp³-hybridized carbons (Fsp3) is 0.217. The molecule has 1 amide bonds. The summed E-state index contributed by atoms with van der Waals surface area (Å²) in [4.78, 5) is 23.3. The van der Waals surface area contributed by atoms with Gasteiger partial charge < -0.3 is 24.4 Å². The van der Waals surface area contributed by atoms with Gasteiger partial charge in [-0.3, -0.25) is 4.79 Å². The maximum absolute atomic E-state index is 12.3. The molecule has 0 aliphatic carbocycles. The lowest BCUT2D eigenvalue weighted by atomic mass is 10.1. The molecule has 3 rings (SSSR count). The lowest BCUT2D eigenvalue weighted by Crippen LogP contribution is -2.47. The molecule has 0 aliphatic heterocycles. The molecule has 1 aromatic heterocycles. The van der Waals surface area contributed by atoms with E-state index < -0.39 is 11.6 Å². The summed E-state index contributed by atoms with van der Waals surface area (Å²) in [5.41, 5.74) is 0.487. The summed E-state index contributed by atoms with van der Waals surface area (Å²) < 4.78 is 11.0. The van der Waals surface area contributed by atoms with Crippen LogP contribution in [0.5, 0.6) is 5.75 Å². The highest BCUT2D eigenvalue weighted by atomic mass is 16.5. The second-order valence-corrected chi connectivity index (χ2v) is 7.08. The molecule has 0 bridgehead atoms. The summed E-state index contributed by atoms with van der Waals surface area (Å²) in [7, 11) is 0. The molecule has 29 heavy (non-hydrogen) atoms. The summed E-state index contributed by atoms with van der Waals surface area (Å²) >= 11 is 0. The molecule has 0 radical (unpaired) electrons.